The number of hydrogen-bond donors (Lipinski definition) is 0. The summed E-state index contributed by atoms with van der Waals surface area (Å²) in [6, 6.07) is 0. The quantitative estimate of drug-likeness (QED) is 0.437. The average Bonchev–Trinajstić information content (AvgIpc) is 2.71. The SMILES string of the molecule is C=C(C)C(=O)OCC(=O)OCC1CCC2C(=O)OC(C)(C)C2C1. The molecule has 0 aromatic heterocycles. The summed E-state index contributed by atoms with van der Waals surface area (Å²) in [5, 5.41) is 0. The van der Waals surface area contributed by atoms with Crippen molar-refractivity contribution in [2.24, 2.45) is 17.8 Å². The number of esters is 3. The zero-order valence-electron chi connectivity index (χ0n) is 13.9. The molecular weight excluding hydrogens is 300 g/mol. The van der Waals surface area contributed by atoms with Gasteiger partial charge in [0.15, 0.2) is 6.61 Å². The number of fused-ring (bicyclic) bond motifs is 1. The lowest BCUT2D eigenvalue weighted by molar-refractivity contribution is -0.158. The van der Waals surface area contributed by atoms with E-state index >= 15 is 0 Å². The van der Waals surface area contributed by atoms with Gasteiger partial charge in [-0.05, 0) is 46.0 Å². The van der Waals surface area contributed by atoms with Crippen molar-refractivity contribution < 1.29 is 28.6 Å². The second kappa shape index (κ2) is 6.72. The summed E-state index contributed by atoms with van der Waals surface area (Å²) in [5.41, 5.74) is -0.217. The Morgan fingerprint density at radius 3 is 2.65 bits per heavy atom. The molecule has 2 rings (SSSR count). The summed E-state index contributed by atoms with van der Waals surface area (Å²) in [6.07, 6.45) is 2.38. The third-order valence-corrected chi connectivity index (χ3v) is 4.67. The third kappa shape index (κ3) is 4.12. The molecule has 6 heteroatoms. The molecule has 3 atom stereocenters. The Balaban J connectivity index is 1.77. The Hall–Kier alpha value is -1.85. The fraction of sp³-hybridized carbons (Fsp3) is 0.706. The molecule has 1 aliphatic carbocycles. The van der Waals surface area contributed by atoms with Gasteiger partial charge in [-0.25, -0.2) is 9.59 Å². The zero-order chi connectivity index (χ0) is 17.2. The first-order valence-electron chi connectivity index (χ1n) is 7.92. The number of cyclic esters (lactones) is 1. The van der Waals surface area contributed by atoms with E-state index in [9.17, 15) is 14.4 Å². The molecule has 1 aliphatic heterocycles. The molecule has 0 bridgehead atoms. The van der Waals surface area contributed by atoms with Gasteiger partial charge in [0, 0.05) is 11.5 Å². The van der Waals surface area contributed by atoms with Crippen LogP contribution in [0, 0.1) is 17.8 Å². The fourth-order valence-electron chi connectivity index (χ4n) is 3.37. The lowest BCUT2D eigenvalue weighted by Gasteiger charge is -2.34. The first-order valence-corrected chi connectivity index (χ1v) is 7.92. The molecule has 6 nitrogen and oxygen atoms in total. The average molecular weight is 324 g/mol. The second-order valence-corrected chi connectivity index (χ2v) is 6.96. The van der Waals surface area contributed by atoms with E-state index < -0.39 is 24.1 Å². The van der Waals surface area contributed by atoms with Crippen LogP contribution in [0.5, 0.6) is 0 Å². The van der Waals surface area contributed by atoms with Crippen LogP contribution >= 0.6 is 0 Å². The standard InChI is InChI=1S/C17H24O6/c1-10(2)15(19)22-9-14(18)21-8-11-5-6-12-13(7-11)17(3,4)23-16(12)20/h11-13H,1,5-9H2,2-4H3. The van der Waals surface area contributed by atoms with Crippen molar-refractivity contribution in [3.05, 3.63) is 12.2 Å². The van der Waals surface area contributed by atoms with E-state index in [-0.39, 0.29) is 35.9 Å². The van der Waals surface area contributed by atoms with Crippen molar-refractivity contribution in [1.82, 2.24) is 0 Å². The largest absolute Gasteiger partial charge is 0.463 e. The van der Waals surface area contributed by atoms with Gasteiger partial charge in [-0.3, -0.25) is 4.79 Å². The van der Waals surface area contributed by atoms with Crippen LogP contribution in [0.1, 0.15) is 40.0 Å². The van der Waals surface area contributed by atoms with Crippen LogP contribution in [-0.4, -0.2) is 36.7 Å². The summed E-state index contributed by atoms with van der Waals surface area (Å²) in [7, 11) is 0. The van der Waals surface area contributed by atoms with Crippen molar-refractivity contribution in [1.29, 1.82) is 0 Å². The third-order valence-electron chi connectivity index (χ3n) is 4.67. The molecule has 1 saturated carbocycles. The van der Waals surface area contributed by atoms with Gasteiger partial charge in [0.1, 0.15) is 5.60 Å². The molecule has 1 heterocycles. The van der Waals surface area contributed by atoms with E-state index in [2.05, 4.69) is 6.58 Å². The highest BCUT2D eigenvalue weighted by Gasteiger charge is 2.52. The van der Waals surface area contributed by atoms with E-state index in [0.29, 0.717) is 0 Å². The van der Waals surface area contributed by atoms with E-state index in [1.165, 1.54) is 6.92 Å². The Morgan fingerprint density at radius 1 is 1.30 bits per heavy atom. The van der Waals surface area contributed by atoms with Gasteiger partial charge in [-0.1, -0.05) is 6.58 Å². The molecule has 0 aromatic carbocycles. The number of carbonyl (C=O) groups excluding carboxylic acids is 3. The summed E-state index contributed by atoms with van der Waals surface area (Å²) in [4.78, 5) is 34.7. The van der Waals surface area contributed by atoms with Gasteiger partial charge in [-0.15, -0.1) is 0 Å². The molecule has 0 radical (unpaired) electrons. The minimum absolute atomic E-state index is 0.0338. The topological polar surface area (TPSA) is 78.9 Å². The van der Waals surface area contributed by atoms with Gasteiger partial charge in [0.25, 0.3) is 0 Å². The summed E-state index contributed by atoms with van der Waals surface area (Å²) in [5.74, 6) is -0.958. The van der Waals surface area contributed by atoms with E-state index in [0.717, 1.165) is 19.3 Å². The lowest BCUT2D eigenvalue weighted by atomic mass is 9.70. The highest BCUT2D eigenvalue weighted by atomic mass is 16.6. The van der Waals surface area contributed by atoms with Crippen LogP contribution in [0.3, 0.4) is 0 Å². The van der Waals surface area contributed by atoms with E-state index in [1.807, 2.05) is 13.8 Å². The second-order valence-electron chi connectivity index (χ2n) is 6.96. The van der Waals surface area contributed by atoms with Crippen molar-refractivity contribution in [2.45, 2.75) is 45.6 Å². The van der Waals surface area contributed by atoms with Crippen molar-refractivity contribution >= 4 is 17.9 Å². The minimum atomic E-state index is -0.606. The van der Waals surface area contributed by atoms with Gasteiger partial charge in [-0.2, -0.15) is 0 Å². The first kappa shape index (κ1) is 17.5. The summed E-state index contributed by atoms with van der Waals surface area (Å²) >= 11 is 0. The number of rotatable bonds is 5. The Bertz CT molecular complexity index is 521. The molecule has 0 aromatic rings. The van der Waals surface area contributed by atoms with E-state index in [4.69, 9.17) is 14.2 Å². The molecule has 1 saturated heterocycles. The lowest BCUT2D eigenvalue weighted by Crippen LogP contribution is -2.36. The van der Waals surface area contributed by atoms with E-state index in [1.54, 1.807) is 0 Å². The number of carbonyl (C=O) groups is 3. The minimum Gasteiger partial charge on any atom is -0.463 e. The molecule has 0 amide bonds. The number of ether oxygens (including phenoxy) is 3. The van der Waals surface area contributed by atoms with Crippen molar-refractivity contribution in [3.8, 4) is 0 Å². The summed E-state index contributed by atoms with van der Waals surface area (Å²) < 4.78 is 15.4. The van der Waals surface area contributed by atoms with Gasteiger partial charge in [0.2, 0.25) is 0 Å². The van der Waals surface area contributed by atoms with Crippen molar-refractivity contribution in [2.75, 3.05) is 13.2 Å². The highest BCUT2D eigenvalue weighted by molar-refractivity contribution is 5.88. The molecule has 2 fully saturated rings. The molecular formula is C17H24O6. The van der Waals surface area contributed by atoms with Gasteiger partial charge in [0.05, 0.1) is 12.5 Å². The number of hydrogen-bond acceptors (Lipinski definition) is 6. The molecule has 23 heavy (non-hydrogen) atoms. The summed E-state index contributed by atoms with van der Waals surface area (Å²) in [6.45, 7) is 8.68. The molecule has 2 aliphatic rings. The maximum Gasteiger partial charge on any atom is 0.344 e. The Labute approximate surface area is 136 Å². The Morgan fingerprint density at radius 2 is 2.00 bits per heavy atom. The monoisotopic (exact) mass is 324 g/mol. The molecule has 3 unspecified atom stereocenters. The molecule has 0 N–H and O–H groups in total. The Kier molecular flexibility index (Phi) is 5.12. The predicted octanol–water partition coefficient (Wildman–Crippen LogP) is 2.02. The van der Waals surface area contributed by atoms with Gasteiger partial charge >= 0.3 is 17.9 Å². The highest BCUT2D eigenvalue weighted by Crippen LogP contribution is 2.47. The van der Waals surface area contributed by atoms with Crippen LogP contribution in [0.15, 0.2) is 12.2 Å². The fourth-order valence-corrected chi connectivity index (χ4v) is 3.37. The van der Waals surface area contributed by atoms with Gasteiger partial charge < -0.3 is 14.2 Å². The van der Waals surface area contributed by atoms with Crippen LogP contribution in [0.4, 0.5) is 0 Å². The normalized spacial score (nSPS) is 28.5. The first-order chi connectivity index (χ1) is 10.7. The predicted molar refractivity (Wildman–Crippen MR) is 81.2 cm³/mol. The smallest absolute Gasteiger partial charge is 0.344 e. The van der Waals surface area contributed by atoms with Crippen LogP contribution in [-0.2, 0) is 28.6 Å². The van der Waals surface area contributed by atoms with Crippen LogP contribution in [0.2, 0.25) is 0 Å². The maximum absolute atomic E-state index is 11.8. The molecule has 0 spiro atoms. The van der Waals surface area contributed by atoms with Crippen molar-refractivity contribution in [3.63, 3.8) is 0 Å². The van der Waals surface area contributed by atoms with Crippen LogP contribution < -0.4 is 0 Å². The zero-order valence-corrected chi connectivity index (χ0v) is 13.9. The molecule has 128 valence electrons. The van der Waals surface area contributed by atoms with Crippen LogP contribution in [0.25, 0.3) is 0 Å². The maximum atomic E-state index is 11.8.